The first-order chi connectivity index (χ1) is 9.70. The molecule has 0 unspecified atom stereocenters. The zero-order valence-electron chi connectivity index (χ0n) is 11.5. The fraction of sp³-hybridized carbons (Fsp3) is 0.533. The van der Waals surface area contributed by atoms with Gasteiger partial charge in [-0.05, 0) is 25.0 Å². The molecule has 0 spiro atoms. The van der Waals surface area contributed by atoms with Crippen molar-refractivity contribution < 1.29 is 9.53 Å². The van der Waals surface area contributed by atoms with E-state index >= 15 is 0 Å². The number of benzene rings is 1. The van der Waals surface area contributed by atoms with Crippen molar-refractivity contribution in [3.05, 3.63) is 28.8 Å². The second kappa shape index (κ2) is 7.50. The largest absolute Gasteiger partial charge is 0.483 e. The van der Waals surface area contributed by atoms with E-state index in [9.17, 15) is 4.79 Å². The zero-order chi connectivity index (χ0) is 14.4. The van der Waals surface area contributed by atoms with E-state index in [0.717, 1.165) is 18.4 Å². The summed E-state index contributed by atoms with van der Waals surface area (Å²) < 4.78 is 5.54. The molecule has 110 valence electrons. The highest BCUT2D eigenvalue weighted by molar-refractivity contribution is 6.31. The van der Waals surface area contributed by atoms with Crippen molar-refractivity contribution in [1.82, 2.24) is 5.32 Å². The molecule has 1 aromatic rings. The minimum absolute atomic E-state index is 0.00381. The van der Waals surface area contributed by atoms with Gasteiger partial charge < -0.3 is 15.8 Å². The number of hydrogen-bond donors (Lipinski definition) is 2. The van der Waals surface area contributed by atoms with Gasteiger partial charge in [-0.25, -0.2) is 0 Å². The summed E-state index contributed by atoms with van der Waals surface area (Å²) in [6, 6.07) is 5.63. The van der Waals surface area contributed by atoms with Crippen LogP contribution in [0.3, 0.4) is 0 Å². The molecule has 0 bridgehead atoms. The average Bonchev–Trinajstić information content (AvgIpc) is 2.46. The number of rotatable bonds is 5. The number of carbonyl (C=O) groups excluding carboxylic acids is 1. The molecule has 1 saturated carbocycles. The van der Waals surface area contributed by atoms with Crippen LogP contribution < -0.4 is 15.8 Å². The third kappa shape index (κ3) is 4.12. The van der Waals surface area contributed by atoms with Gasteiger partial charge in [-0.3, -0.25) is 4.79 Å². The Labute approximate surface area is 124 Å². The first-order valence-corrected chi connectivity index (χ1v) is 7.48. The van der Waals surface area contributed by atoms with Crippen molar-refractivity contribution in [3.63, 3.8) is 0 Å². The molecule has 1 amide bonds. The summed E-state index contributed by atoms with van der Waals surface area (Å²) in [4.78, 5) is 11.9. The summed E-state index contributed by atoms with van der Waals surface area (Å²) in [6.07, 6.45) is 5.79. The van der Waals surface area contributed by atoms with E-state index in [4.69, 9.17) is 22.1 Å². The molecule has 2 rings (SSSR count). The Kier molecular flexibility index (Phi) is 5.68. The second-order valence-electron chi connectivity index (χ2n) is 5.11. The van der Waals surface area contributed by atoms with Crippen molar-refractivity contribution in [2.45, 2.75) is 44.7 Å². The van der Waals surface area contributed by atoms with Gasteiger partial charge in [0.1, 0.15) is 5.75 Å². The second-order valence-corrected chi connectivity index (χ2v) is 5.52. The molecule has 0 aromatic heterocycles. The molecule has 0 aliphatic heterocycles. The fourth-order valence-corrected chi connectivity index (χ4v) is 2.77. The normalized spacial score (nSPS) is 15.9. The molecule has 0 heterocycles. The smallest absolute Gasteiger partial charge is 0.258 e. The van der Waals surface area contributed by atoms with Crippen LogP contribution in [0.15, 0.2) is 18.2 Å². The third-order valence-electron chi connectivity index (χ3n) is 3.61. The van der Waals surface area contributed by atoms with E-state index < -0.39 is 0 Å². The molecular weight excluding hydrogens is 276 g/mol. The zero-order valence-corrected chi connectivity index (χ0v) is 12.3. The van der Waals surface area contributed by atoms with Gasteiger partial charge in [0.05, 0.1) is 0 Å². The van der Waals surface area contributed by atoms with Crippen LogP contribution in [0.25, 0.3) is 0 Å². The van der Waals surface area contributed by atoms with Crippen LogP contribution in [0.2, 0.25) is 5.02 Å². The predicted molar refractivity (Wildman–Crippen MR) is 79.9 cm³/mol. The van der Waals surface area contributed by atoms with Gasteiger partial charge in [0.25, 0.3) is 5.91 Å². The molecule has 0 saturated heterocycles. The first-order valence-electron chi connectivity index (χ1n) is 7.10. The summed E-state index contributed by atoms with van der Waals surface area (Å²) in [5.41, 5.74) is 6.38. The van der Waals surface area contributed by atoms with E-state index in [1.807, 2.05) is 0 Å². The van der Waals surface area contributed by atoms with Crippen molar-refractivity contribution in [2.75, 3.05) is 6.61 Å². The lowest BCUT2D eigenvalue weighted by Crippen LogP contribution is -2.39. The molecule has 1 fully saturated rings. The fourth-order valence-electron chi connectivity index (χ4n) is 2.53. The van der Waals surface area contributed by atoms with Crippen LogP contribution in [-0.2, 0) is 11.3 Å². The molecule has 0 atom stereocenters. The Bertz CT molecular complexity index is 459. The van der Waals surface area contributed by atoms with E-state index in [-0.39, 0.29) is 12.5 Å². The van der Waals surface area contributed by atoms with Crippen LogP contribution in [0.5, 0.6) is 5.75 Å². The summed E-state index contributed by atoms with van der Waals surface area (Å²) in [5, 5.41) is 3.58. The summed E-state index contributed by atoms with van der Waals surface area (Å²) >= 11 is 6.04. The van der Waals surface area contributed by atoms with E-state index in [1.165, 1.54) is 19.3 Å². The molecule has 4 nitrogen and oxygen atoms in total. The van der Waals surface area contributed by atoms with Crippen molar-refractivity contribution in [3.8, 4) is 5.75 Å². The Morgan fingerprint density at radius 2 is 2.10 bits per heavy atom. The minimum atomic E-state index is -0.0835. The van der Waals surface area contributed by atoms with E-state index in [2.05, 4.69) is 5.32 Å². The topological polar surface area (TPSA) is 64.3 Å². The Morgan fingerprint density at radius 1 is 1.35 bits per heavy atom. The van der Waals surface area contributed by atoms with Crippen LogP contribution in [0, 0.1) is 0 Å². The monoisotopic (exact) mass is 296 g/mol. The summed E-state index contributed by atoms with van der Waals surface area (Å²) in [5.74, 6) is 0.499. The van der Waals surface area contributed by atoms with Crippen molar-refractivity contribution >= 4 is 17.5 Å². The lowest BCUT2D eigenvalue weighted by atomic mass is 9.95. The van der Waals surface area contributed by atoms with Crippen LogP contribution in [-0.4, -0.2) is 18.6 Å². The molecule has 1 aliphatic rings. The maximum Gasteiger partial charge on any atom is 0.258 e. The molecule has 1 aliphatic carbocycles. The first kappa shape index (κ1) is 15.1. The van der Waals surface area contributed by atoms with Gasteiger partial charge in [0.2, 0.25) is 0 Å². The van der Waals surface area contributed by atoms with Crippen LogP contribution >= 0.6 is 11.6 Å². The molecule has 20 heavy (non-hydrogen) atoms. The van der Waals surface area contributed by atoms with Crippen LogP contribution in [0.4, 0.5) is 0 Å². The van der Waals surface area contributed by atoms with Gasteiger partial charge in [-0.1, -0.05) is 36.9 Å². The molecule has 5 heteroatoms. The maximum absolute atomic E-state index is 11.9. The Morgan fingerprint density at radius 3 is 2.80 bits per heavy atom. The maximum atomic E-state index is 11.9. The van der Waals surface area contributed by atoms with Crippen molar-refractivity contribution in [2.24, 2.45) is 5.73 Å². The van der Waals surface area contributed by atoms with Crippen molar-refractivity contribution in [1.29, 1.82) is 0 Å². The van der Waals surface area contributed by atoms with Gasteiger partial charge >= 0.3 is 0 Å². The van der Waals surface area contributed by atoms with Gasteiger partial charge in [-0.2, -0.15) is 0 Å². The average molecular weight is 297 g/mol. The standard InChI is InChI=1S/C15H21ClN2O2/c16-13-7-4-8-14(12(13)9-17)20-10-15(19)18-11-5-2-1-3-6-11/h4,7-8,11H,1-3,5-6,9-10,17H2,(H,18,19). The number of amides is 1. The van der Waals surface area contributed by atoms with E-state index in [1.54, 1.807) is 18.2 Å². The lowest BCUT2D eigenvalue weighted by molar-refractivity contribution is -0.124. The van der Waals surface area contributed by atoms with Gasteiger partial charge in [0.15, 0.2) is 6.61 Å². The van der Waals surface area contributed by atoms with Crippen LogP contribution in [0.1, 0.15) is 37.7 Å². The highest BCUT2D eigenvalue weighted by Gasteiger charge is 2.16. The quantitative estimate of drug-likeness (QED) is 0.878. The number of hydrogen-bond acceptors (Lipinski definition) is 3. The SMILES string of the molecule is NCc1c(Cl)cccc1OCC(=O)NC1CCCCC1. The minimum Gasteiger partial charge on any atom is -0.483 e. The number of ether oxygens (including phenoxy) is 1. The Balaban J connectivity index is 1.85. The van der Waals surface area contributed by atoms with E-state index in [0.29, 0.717) is 23.4 Å². The van der Waals surface area contributed by atoms with Gasteiger partial charge in [0, 0.05) is 23.2 Å². The highest BCUT2D eigenvalue weighted by atomic mass is 35.5. The Hall–Kier alpha value is -1.26. The molecular formula is C15H21ClN2O2. The third-order valence-corrected chi connectivity index (χ3v) is 3.96. The van der Waals surface area contributed by atoms with Gasteiger partial charge in [-0.15, -0.1) is 0 Å². The highest BCUT2D eigenvalue weighted by Crippen LogP contribution is 2.25. The summed E-state index contributed by atoms with van der Waals surface area (Å²) in [7, 11) is 0. The number of nitrogens with one attached hydrogen (secondary N) is 1. The number of nitrogens with two attached hydrogens (primary N) is 1. The predicted octanol–water partition coefficient (Wildman–Crippen LogP) is 2.63. The summed E-state index contributed by atoms with van der Waals surface area (Å²) in [6.45, 7) is 0.295. The number of halogens is 1. The lowest BCUT2D eigenvalue weighted by Gasteiger charge is -2.22. The molecule has 0 radical (unpaired) electrons. The molecule has 1 aromatic carbocycles. The molecule has 3 N–H and O–H groups in total. The number of carbonyl (C=O) groups is 1.